The van der Waals surface area contributed by atoms with Gasteiger partial charge in [0.1, 0.15) is 17.1 Å². The van der Waals surface area contributed by atoms with Crippen LogP contribution in [0.2, 0.25) is 0 Å². The van der Waals surface area contributed by atoms with Gasteiger partial charge in [-0.1, -0.05) is 20.3 Å². The summed E-state index contributed by atoms with van der Waals surface area (Å²) < 4.78 is 7.70. The molecule has 0 unspecified atom stereocenters. The SMILES string of the molecule is CCc1ncccc1-c1nc2cc(C(=O)N3C[C@@H](CC)[C@@H](N)[C@H]3C)cc(OC)c2n1C. The lowest BCUT2D eigenvalue weighted by Crippen LogP contribution is -2.41. The highest BCUT2D eigenvalue weighted by molar-refractivity contribution is 6.00. The third-order valence-electron chi connectivity index (χ3n) is 6.68. The maximum absolute atomic E-state index is 13.4. The summed E-state index contributed by atoms with van der Waals surface area (Å²) in [6.07, 6.45) is 3.58. The molecule has 0 aliphatic carbocycles. The van der Waals surface area contributed by atoms with Crippen molar-refractivity contribution in [2.75, 3.05) is 13.7 Å². The lowest BCUT2D eigenvalue weighted by Gasteiger charge is -2.23. The number of fused-ring (bicyclic) bond motifs is 1. The highest BCUT2D eigenvalue weighted by atomic mass is 16.5. The molecule has 0 radical (unpaired) electrons. The van der Waals surface area contributed by atoms with E-state index in [1.165, 1.54) is 0 Å². The van der Waals surface area contributed by atoms with E-state index in [-0.39, 0.29) is 18.0 Å². The maximum atomic E-state index is 13.4. The molecule has 1 fully saturated rings. The first-order valence-electron chi connectivity index (χ1n) is 11.0. The predicted molar refractivity (Wildman–Crippen MR) is 122 cm³/mol. The number of nitrogens with two attached hydrogens (primary N) is 1. The van der Waals surface area contributed by atoms with E-state index in [2.05, 4.69) is 18.8 Å². The van der Waals surface area contributed by atoms with Crippen LogP contribution in [0.1, 0.15) is 43.2 Å². The van der Waals surface area contributed by atoms with Gasteiger partial charge < -0.3 is 19.9 Å². The van der Waals surface area contributed by atoms with Gasteiger partial charge in [-0.05, 0) is 43.5 Å². The first-order chi connectivity index (χ1) is 14.9. The van der Waals surface area contributed by atoms with Crippen molar-refractivity contribution in [2.24, 2.45) is 18.7 Å². The van der Waals surface area contributed by atoms with Gasteiger partial charge in [0.05, 0.1) is 18.3 Å². The summed E-state index contributed by atoms with van der Waals surface area (Å²) in [5, 5.41) is 0. The molecule has 3 aromatic rings. The van der Waals surface area contributed by atoms with Crippen LogP contribution in [0.25, 0.3) is 22.4 Å². The summed E-state index contributed by atoms with van der Waals surface area (Å²) in [4.78, 5) is 24.7. The van der Waals surface area contributed by atoms with Crippen molar-refractivity contribution in [2.45, 2.75) is 45.7 Å². The zero-order chi connectivity index (χ0) is 22.3. The van der Waals surface area contributed by atoms with Gasteiger partial charge in [-0.2, -0.15) is 0 Å². The maximum Gasteiger partial charge on any atom is 0.254 e. The molecular formula is C24H31N5O2. The molecule has 4 rings (SSSR count). The van der Waals surface area contributed by atoms with Crippen molar-refractivity contribution < 1.29 is 9.53 Å². The van der Waals surface area contributed by atoms with Crippen molar-refractivity contribution in [3.8, 4) is 17.1 Å². The van der Waals surface area contributed by atoms with E-state index < -0.39 is 0 Å². The molecule has 1 aliphatic heterocycles. The molecule has 3 atom stereocenters. The van der Waals surface area contributed by atoms with Gasteiger partial charge in [0.2, 0.25) is 0 Å². The summed E-state index contributed by atoms with van der Waals surface area (Å²) in [6.45, 7) is 6.92. The average molecular weight is 422 g/mol. The number of imidazole rings is 1. The molecule has 31 heavy (non-hydrogen) atoms. The number of likely N-dealkylation sites (tertiary alicyclic amines) is 1. The number of methoxy groups -OCH3 is 1. The Morgan fingerprint density at radius 1 is 1.32 bits per heavy atom. The number of aryl methyl sites for hydroxylation is 2. The van der Waals surface area contributed by atoms with Gasteiger partial charge in [0, 0.05) is 43.0 Å². The fraction of sp³-hybridized carbons (Fsp3) is 0.458. The Labute approximate surface area is 183 Å². The summed E-state index contributed by atoms with van der Waals surface area (Å²) in [5.41, 5.74) is 10.5. The number of amides is 1. The molecule has 2 aromatic heterocycles. The van der Waals surface area contributed by atoms with Gasteiger partial charge in [-0.15, -0.1) is 0 Å². The van der Waals surface area contributed by atoms with Gasteiger partial charge >= 0.3 is 0 Å². The Morgan fingerprint density at radius 2 is 2.10 bits per heavy atom. The third-order valence-corrected chi connectivity index (χ3v) is 6.68. The second-order valence-electron chi connectivity index (χ2n) is 8.34. The number of benzene rings is 1. The van der Waals surface area contributed by atoms with Crippen LogP contribution in [0.5, 0.6) is 5.75 Å². The largest absolute Gasteiger partial charge is 0.494 e. The van der Waals surface area contributed by atoms with Crippen LogP contribution in [0.3, 0.4) is 0 Å². The monoisotopic (exact) mass is 421 g/mol. The second kappa shape index (κ2) is 8.30. The Kier molecular flexibility index (Phi) is 5.71. The number of aromatic nitrogens is 3. The number of rotatable bonds is 5. The van der Waals surface area contributed by atoms with Gasteiger partial charge in [0.25, 0.3) is 5.91 Å². The molecule has 2 N–H and O–H groups in total. The van der Waals surface area contributed by atoms with Crippen molar-refractivity contribution in [1.82, 2.24) is 19.4 Å². The Balaban J connectivity index is 1.80. The second-order valence-corrected chi connectivity index (χ2v) is 8.34. The lowest BCUT2D eigenvalue weighted by molar-refractivity contribution is 0.0739. The minimum absolute atomic E-state index is 0.000856. The van der Waals surface area contributed by atoms with Gasteiger partial charge in [-0.3, -0.25) is 9.78 Å². The fourth-order valence-corrected chi connectivity index (χ4v) is 4.73. The van der Waals surface area contributed by atoms with Gasteiger partial charge in [-0.25, -0.2) is 4.98 Å². The fourth-order valence-electron chi connectivity index (χ4n) is 4.73. The van der Waals surface area contributed by atoms with Crippen LogP contribution < -0.4 is 10.5 Å². The van der Waals surface area contributed by atoms with E-state index in [0.717, 1.165) is 41.0 Å². The molecular weight excluding hydrogens is 390 g/mol. The number of carbonyl (C=O) groups is 1. The molecule has 164 valence electrons. The number of hydrogen-bond acceptors (Lipinski definition) is 5. The Hall–Kier alpha value is -2.93. The normalized spacial score (nSPS) is 21.1. The van der Waals surface area contributed by atoms with Crippen LogP contribution in [-0.4, -0.2) is 51.1 Å². The van der Waals surface area contributed by atoms with Crippen LogP contribution in [-0.2, 0) is 13.5 Å². The molecule has 1 aliphatic rings. The zero-order valence-corrected chi connectivity index (χ0v) is 18.9. The number of pyridine rings is 1. The van der Waals surface area contributed by atoms with Gasteiger partial charge in [0.15, 0.2) is 0 Å². The van der Waals surface area contributed by atoms with Crippen molar-refractivity contribution in [1.29, 1.82) is 0 Å². The number of carbonyl (C=O) groups excluding carboxylic acids is 1. The van der Waals surface area contributed by atoms with E-state index in [9.17, 15) is 4.79 Å². The standard InChI is InChI=1S/C24H31N5O2/c1-6-15-13-29(14(3)21(15)25)24(30)16-11-19-22(20(12-16)31-5)28(4)23(27-19)17-9-8-10-26-18(17)7-2/h8-12,14-15,21H,6-7,13,25H2,1-5H3/t14-,15-,21+/m1/s1. The molecule has 7 nitrogen and oxygen atoms in total. The van der Waals surface area contributed by atoms with Crippen molar-refractivity contribution >= 4 is 16.9 Å². The topological polar surface area (TPSA) is 86.3 Å². The van der Waals surface area contributed by atoms with Crippen LogP contribution >= 0.6 is 0 Å². The first kappa shape index (κ1) is 21.3. The average Bonchev–Trinajstić information content (AvgIpc) is 3.28. The highest BCUT2D eigenvalue weighted by Gasteiger charge is 2.38. The number of hydrogen-bond donors (Lipinski definition) is 1. The van der Waals surface area contributed by atoms with E-state index >= 15 is 0 Å². The molecule has 1 amide bonds. The number of ether oxygens (including phenoxy) is 1. The third kappa shape index (κ3) is 3.47. The molecule has 0 saturated carbocycles. The lowest BCUT2D eigenvalue weighted by atomic mass is 9.98. The van der Waals surface area contributed by atoms with Crippen LogP contribution in [0, 0.1) is 5.92 Å². The van der Waals surface area contributed by atoms with E-state index in [1.807, 2.05) is 47.7 Å². The summed E-state index contributed by atoms with van der Waals surface area (Å²) in [5.74, 6) is 1.74. The summed E-state index contributed by atoms with van der Waals surface area (Å²) in [6, 6.07) is 7.63. The predicted octanol–water partition coefficient (Wildman–Crippen LogP) is 3.40. The van der Waals surface area contributed by atoms with E-state index in [1.54, 1.807) is 13.3 Å². The molecule has 3 heterocycles. The minimum Gasteiger partial charge on any atom is -0.494 e. The highest BCUT2D eigenvalue weighted by Crippen LogP contribution is 2.34. The summed E-state index contributed by atoms with van der Waals surface area (Å²) in [7, 11) is 3.59. The van der Waals surface area contributed by atoms with Crippen LogP contribution in [0.4, 0.5) is 0 Å². The minimum atomic E-state index is -0.0260. The molecule has 0 bridgehead atoms. The first-order valence-corrected chi connectivity index (χ1v) is 11.0. The zero-order valence-electron chi connectivity index (χ0n) is 18.9. The van der Waals surface area contributed by atoms with Crippen molar-refractivity contribution in [3.05, 3.63) is 41.7 Å². The summed E-state index contributed by atoms with van der Waals surface area (Å²) >= 11 is 0. The quantitative estimate of drug-likeness (QED) is 0.682. The van der Waals surface area contributed by atoms with Crippen LogP contribution in [0.15, 0.2) is 30.5 Å². The molecule has 1 aromatic carbocycles. The molecule has 0 spiro atoms. The van der Waals surface area contributed by atoms with Crippen molar-refractivity contribution in [3.63, 3.8) is 0 Å². The Morgan fingerprint density at radius 3 is 2.74 bits per heavy atom. The molecule has 7 heteroatoms. The van der Waals surface area contributed by atoms with E-state index in [4.69, 9.17) is 15.5 Å². The smallest absolute Gasteiger partial charge is 0.254 e. The van der Waals surface area contributed by atoms with E-state index in [0.29, 0.717) is 23.8 Å². The number of nitrogens with zero attached hydrogens (tertiary/aromatic N) is 4. The molecule has 1 saturated heterocycles. The Bertz CT molecular complexity index is 1120.